The molecule has 2 aromatic rings. The quantitative estimate of drug-likeness (QED) is 0.621. The van der Waals surface area contributed by atoms with E-state index in [-0.39, 0.29) is 11.8 Å². The lowest BCUT2D eigenvalue weighted by Gasteiger charge is -2.33. The summed E-state index contributed by atoms with van der Waals surface area (Å²) in [5.41, 5.74) is 2.88. The molecule has 0 spiro atoms. The molecule has 4 nitrogen and oxygen atoms in total. The molecule has 1 saturated heterocycles. The summed E-state index contributed by atoms with van der Waals surface area (Å²) in [5, 5.41) is 0.849. The van der Waals surface area contributed by atoms with Gasteiger partial charge in [0, 0.05) is 23.7 Å². The van der Waals surface area contributed by atoms with E-state index in [0.29, 0.717) is 38.5 Å². The van der Waals surface area contributed by atoms with Gasteiger partial charge in [0.25, 0.3) is 11.8 Å². The van der Waals surface area contributed by atoms with Gasteiger partial charge in [0.05, 0.1) is 16.3 Å². The van der Waals surface area contributed by atoms with E-state index in [0.717, 1.165) is 31.5 Å². The summed E-state index contributed by atoms with van der Waals surface area (Å²) in [6.07, 6.45) is 2.10. The number of benzene rings is 2. The SMILES string of the molecule is Cc1cccc(N2C(=O)C(c3ccc(Cl)cc3Cl)=C(N3CCCC(C)C3)C2=O)c1. The van der Waals surface area contributed by atoms with Crippen LogP contribution in [0.2, 0.25) is 10.0 Å². The van der Waals surface area contributed by atoms with E-state index in [1.807, 2.05) is 30.0 Å². The maximum absolute atomic E-state index is 13.5. The second kappa shape index (κ2) is 7.85. The smallest absolute Gasteiger partial charge is 0.282 e. The minimum Gasteiger partial charge on any atom is -0.366 e. The number of likely N-dealkylation sites (tertiary alicyclic amines) is 1. The minimum atomic E-state index is -0.349. The molecule has 29 heavy (non-hydrogen) atoms. The number of amides is 2. The van der Waals surface area contributed by atoms with Crippen molar-refractivity contribution in [3.05, 3.63) is 69.3 Å². The molecule has 0 bridgehead atoms. The Morgan fingerprint density at radius 1 is 1.03 bits per heavy atom. The van der Waals surface area contributed by atoms with Crippen molar-refractivity contribution < 1.29 is 9.59 Å². The Labute approximate surface area is 180 Å². The largest absolute Gasteiger partial charge is 0.366 e. The van der Waals surface area contributed by atoms with Crippen LogP contribution in [0.5, 0.6) is 0 Å². The molecule has 2 aliphatic rings. The van der Waals surface area contributed by atoms with Gasteiger partial charge in [-0.2, -0.15) is 0 Å². The first kappa shape index (κ1) is 20.0. The van der Waals surface area contributed by atoms with E-state index in [4.69, 9.17) is 23.2 Å². The lowest BCUT2D eigenvalue weighted by Crippen LogP contribution is -2.39. The number of imide groups is 1. The Kier molecular flexibility index (Phi) is 5.41. The van der Waals surface area contributed by atoms with Crippen LogP contribution in [0.15, 0.2) is 48.2 Å². The Hall–Kier alpha value is -2.30. The van der Waals surface area contributed by atoms with Crippen LogP contribution in [-0.4, -0.2) is 29.8 Å². The zero-order valence-corrected chi connectivity index (χ0v) is 17.9. The van der Waals surface area contributed by atoms with Crippen molar-refractivity contribution in [2.45, 2.75) is 26.7 Å². The van der Waals surface area contributed by atoms with E-state index in [1.54, 1.807) is 24.3 Å². The zero-order valence-electron chi connectivity index (χ0n) is 16.4. The van der Waals surface area contributed by atoms with Gasteiger partial charge < -0.3 is 4.90 Å². The molecular formula is C23H22Cl2N2O2. The molecule has 0 aliphatic carbocycles. The number of hydrogen-bond donors (Lipinski definition) is 0. The fourth-order valence-electron chi connectivity index (χ4n) is 4.14. The summed E-state index contributed by atoms with van der Waals surface area (Å²) in [4.78, 5) is 30.4. The number of halogens is 2. The summed E-state index contributed by atoms with van der Waals surface area (Å²) in [7, 11) is 0. The molecule has 1 atom stereocenters. The van der Waals surface area contributed by atoms with Crippen LogP contribution in [0.4, 0.5) is 5.69 Å². The van der Waals surface area contributed by atoms with E-state index in [9.17, 15) is 9.59 Å². The van der Waals surface area contributed by atoms with Gasteiger partial charge in [0.2, 0.25) is 0 Å². The first-order valence-corrected chi connectivity index (χ1v) is 10.5. The number of anilines is 1. The van der Waals surface area contributed by atoms with Crippen LogP contribution in [0, 0.1) is 12.8 Å². The van der Waals surface area contributed by atoms with Crippen molar-refractivity contribution in [3.63, 3.8) is 0 Å². The summed E-state index contributed by atoms with van der Waals surface area (Å²) >= 11 is 12.5. The number of rotatable bonds is 3. The standard InChI is InChI=1S/C23H22Cl2N2O2/c1-14-5-3-7-17(11-14)27-22(28)20(18-9-8-16(24)12-19(18)25)21(23(27)29)26-10-4-6-15(2)13-26/h3,5,7-9,11-12,15H,4,6,10,13H2,1-2H3. The normalized spacial score (nSPS) is 20.1. The van der Waals surface area contributed by atoms with Gasteiger partial charge in [-0.25, -0.2) is 4.90 Å². The Balaban J connectivity index is 1.87. The second-order valence-electron chi connectivity index (χ2n) is 7.83. The number of carbonyl (C=O) groups is 2. The van der Waals surface area contributed by atoms with E-state index in [1.165, 1.54) is 4.90 Å². The number of carbonyl (C=O) groups excluding carboxylic acids is 2. The van der Waals surface area contributed by atoms with Crippen LogP contribution < -0.4 is 4.90 Å². The number of piperidine rings is 1. The van der Waals surface area contributed by atoms with Crippen LogP contribution >= 0.6 is 23.2 Å². The third-order valence-corrected chi connectivity index (χ3v) is 6.04. The number of aryl methyl sites for hydroxylation is 1. The molecule has 2 aliphatic heterocycles. The molecule has 1 unspecified atom stereocenters. The molecule has 6 heteroatoms. The summed E-state index contributed by atoms with van der Waals surface area (Å²) in [5.74, 6) is -0.192. The van der Waals surface area contributed by atoms with E-state index in [2.05, 4.69) is 6.92 Å². The van der Waals surface area contributed by atoms with Crippen molar-refractivity contribution >= 4 is 46.3 Å². The van der Waals surface area contributed by atoms with Gasteiger partial charge in [-0.15, -0.1) is 0 Å². The van der Waals surface area contributed by atoms with Gasteiger partial charge in [0.15, 0.2) is 0 Å². The maximum atomic E-state index is 13.5. The molecule has 2 heterocycles. The average Bonchev–Trinajstić information content (AvgIpc) is 2.92. The predicted octanol–water partition coefficient (Wildman–Crippen LogP) is 5.32. The fourth-order valence-corrected chi connectivity index (χ4v) is 4.64. The predicted molar refractivity (Wildman–Crippen MR) is 117 cm³/mol. The molecule has 2 amide bonds. The highest BCUT2D eigenvalue weighted by molar-refractivity contribution is 6.47. The average molecular weight is 429 g/mol. The van der Waals surface area contributed by atoms with Gasteiger partial charge in [-0.3, -0.25) is 9.59 Å². The molecule has 150 valence electrons. The molecule has 0 N–H and O–H groups in total. The molecular weight excluding hydrogens is 407 g/mol. The van der Waals surface area contributed by atoms with E-state index < -0.39 is 0 Å². The van der Waals surface area contributed by atoms with Crippen molar-refractivity contribution in [1.82, 2.24) is 4.90 Å². The zero-order chi connectivity index (χ0) is 20.7. The maximum Gasteiger partial charge on any atom is 0.282 e. The molecule has 2 aromatic carbocycles. The van der Waals surface area contributed by atoms with Gasteiger partial charge in [-0.1, -0.05) is 48.3 Å². The van der Waals surface area contributed by atoms with Crippen LogP contribution in [0.3, 0.4) is 0 Å². The molecule has 0 radical (unpaired) electrons. The van der Waals surface area contributed by atoms with Crippen LogP contribution in [-0.2, 0) is 9.59 Å². The van der Waals surface area contributed by atoms with Gasteiger partial charge in [0.1, 0.15) is 5.70 Å². The second-order valence-corrected chi connectivity index (χ2v) is 8.67. The lowest BCUT2D eigenvalue weighted by molar-refractivity contribution is -0.120. The Morgan fingerprint density at radius 3 is 2.52 bits per heavy atom. The van der Waals surface area contributed by atoms with Gasteiger partial charge in [-0.05, 0) is 55.5 Å². The molecule has 0 aromatic heterocycles. The highest BCUT2D eigenvalue weighted by Crippen LogP contribution is 2.39. The Bertz CT molecular complexity index is 1030. The molecule has 0 saturated carbocycles. The first-order valence-electron chi connectivity index (χ1n) is 9.77. The van der Waals surface area contributed by atoms with Crippen molar-refractivity contribution in [3.8, 4) is 0 Å². The molecule has 4 rings (SSSR count). The van der Waals surface area contributed by atoms with Crippen molar-refractivity contribution in [2.24, 2.45) is 5.92 Å². The van der Waals surface area contributed by atoms with E-state index >= 15 is 0 Å². The van der Waals surface area contributed by atoms with Gasteiger partial charge >= 0.3 is 0 Å². The summed E-state index contributed by atoms with van der Waals surface area (Å²) in [6.45, 7) is 5.59. The van der Waals surface area contributed by atoms with Crippen LogP contribution in [0.1, 0.15) is 30.9 Å². The highest BCUT2D eigenvalue weighted by Gasteiger charge is 2.43. The first-order chi connectivity index (χ1) is 13.9. The third kappa shape index (κ3) is 3.67. The van der Waals surface area contributed by atoms with Crippen molar-refractivity contribution in [2.75, 3.05) is 18.0 Å². The van der Waals surface area contributed by atoms with Crippen LogP contribution in [0.25, 0.3) is 5.57 Å². The number of hydrogen-bond acceptors (Lipinski definition) is 3. The topological polar surface area (TPSA) is 40.6 Å². The number of nitrogens with zero attached hydrogens (tertiary/aromatic N) is 2. The summed E-state index contributed by atoms with van der Waals surface area (Å²) in [6, 6.07) is 12.4. The minimum absolute atomic E-state index is 0.296. The lowest BCUT2D eigenvalue weighted by atomic mass is 9.97. The fraction of sp³-hybridized carbons (Fsp3) is 0.304. The third-order valence-electron chi connectivity index (χ3n) is 5.49. The highest BCUT2D eigenvalue weighted by atomic mass is 35.5. The van der Waals surface area contributed by atoms with Crippen molar-refractivity contribution in [1.29, 1.82) is 0 Å². The Morgan fingerprint density at radius 2 is 1.83 bits per heavy atom. The monoisotopic (exact) mass is 428 g/mol. The molecule has 1 fully saturated rings. The summed E-state index contributed by atoms with van der Waals surface area (Å²) < 4.78 is 0.